The zero-order valence-electron chi connectivity index (χ0n) is 12.8. The van der Waals surface area contributed by atoms with Crippen LogP contribution in [0.5, 0.6) is 0 Å². The fourth-order valence-corrected chi connectivity index (χ4v) is 2.04. The summed E-state index contributed by atoms with van der Waals surface area (Å²) < 4.78 is 0. The lowest BCUT2D eigenvalue weighted by atomic mass is 9.86. The first kappa shape index (κ1) is 14.5. The monoisotopic (exact) mass is 270 g/mol. The minimum Gasteiger partial charge on any atom is -0.310 e. The Kier molecular flexibility index (Phi) is 3.80. The van der Waals surface area contributed by atoms with Crippen molar-refractivity contribution in [3.8, 4) is 11.3 Å². The van der Waals surface area contributed by atoms with Gasteiger partial charge in [0, 0.05) is 17.5 Å². The number of hydrogen-bond acceptors (Lipinski definition) is 2. The third-order valence-electron chi connectivity index (χ3n) is 3.35. The Hall–Kier alpha value is -1.90. The van der Waals surface area contributed by atoms with Gasteiger partial charge in [-0.15, -0.1) is 0 Å². The maximum Gasteiger partial charge on any atom is 0.251 e. The van der Waals surface area contributed by atoms with Gasteiger partial charge in [0.05, 0.1) is 5.69 Å². The van der Waals surface area contributed by atoms with Gasteiger partial charge in [-0.05, 0) is 11.0 Å². The minimum absolute atomic E-state index is 0.0985. The van der Waals surface area contributed by atoms with Crippen molar-refractivity contribution >= 4 is 0 Å². The summed E-state index contributed by atoms with van der Waals surface area (Å²) in [4.78, 5) is 19.0. The van der Waals surface area contributed by atoms with Crippen molar-refractivity contribution in [2.75, 3.05) is 0 Å². The molecule has 3 heteroatoms. The Morgan fingerprint density at radius 2 is 1.70 bits per heavy atom. The second-order valence-corrected chi connectivity index (χ2v) is 6.50. The molecule has 2 rings (SSSR count). The Balaban J connectivity index is 2.44. The van der Waals surface area contributed by atoms with Gasteiger partial charge in [-0.1, -0.05) is 58.9 Å². The van der Waals surface area contributed by atoms with E-state index in [4.69, 9.17) is 0 Å². The number of nitrogens with zero attached hydrogens (tertiary/aromatic N) is 1. The number of aromatic amines is 1. The van der Waals surface area contributed by atoms with Crippen molar-refractivity contribution in [3.63, 3.8) is 0 Å². The molecule has 0 radical (unpaired) electrons. The highest BCUT2D eigenvalue weighted by Crippen LogP contribution is 2.25. The molecule has 0 saturated heterocycles. The molecule has 0 unspecified atom stereocenters. The Morgan fingerprint density at radius 1 is 1.10 bits per heavy atom. The van der Waals surface area contributed by atoms with Crippen LogP contribution in [0.15, 0.2) is 35.1 Å². The molecule has 0 saturated carbocycles. The number of aromatic nitrogens is 2. The fraction of sp³-hybridized carbons (Fsp3) is 0.412. The lowest BCUT2D eigenvalue weighted by Crippen LogP contribution is -2.12. The summed E-state index contributed by atoms with van der Waals surface area (Å²) in [5.41, 5.74) is 3.01. The van der Waals surface area contributed by atoms with E-state index in [-0.39, 0.29) is 16.9 Å². The molecule has 0 aliphatic heterocycles. The standard InChI is InChI=1S/C17H22N2O/c1-11(2)16-18-14(10-15(20)19-16)12-6-8-13(9-7-12)17(3,4)5/h6-11H,1-5H3,(H,18,19,20). The van der Waals surface area contributed by atoms with E-state index in [1.165, 1.54) is 5.56 Å². The lowest BCUT2D eigenvalue weighted by Gasteiger charge is -2.19. The molecule has 0 amide bonds. The van der Waals surface area contributed by atoms with Gasteiger partial charge in [0.15, 0.2) is 0 Å². The van der Waals surface area contributed by atoms with Crippen LogP contribution in [-0.2, 0) is 5.41 Å². The second-order valence-electron chi connectivity index (χ2n) is 6.50. The largest absolute Gasteiger partial charge is 0.310 e. The Bertz CT molecular complexity index is 646. The summed E-state index contributed by atoms with van der Waals surface area (Å²) in [5, 5.41) is 0. The third kappa shape index (κ3) is 3.16. The first-order chi connectivity index (χ1) is 9.27. The van der Waals surface area contributed by atoms with Crippen LogP contribution in [-0.4, -0.2) is 9.97 Å². The molecule has 0 bridgehead atoms. The molecule has 1 aromatic heterocycles. The molecule has 1 N–H and O–H groups in total. The van der Waals surface area contributed by atoms with Gasteiger partial charge in [0.25, 0.3) is 5.56 Å². The molecule has 106 valence electrons. The Labute approximate surface area is 120 Å². The van der Waals surface area contributed by atoms with E-state index in [0.717, 1.165) is 17.1 Å². The second kappa shape index (κ2) is 5.23. The lowest BCUT2D eigenvalue weighted by molar-refractivity contribution is 0.590. The van der Waals surface area contributed by atoms with Crippen molar-refractivity contribution < 1.29 is 0 Å². The van der Waals surface area contributed by atoms with Crippen molar-refractivity contribution in [1.82, 2.24) is 9.97 Å². The predicted molar refractivity (Wildman–Crippen MR) is 83.1 cm³/mol. The van der Waals surface area contributed by atoms with Crippen LogP contribution in [0.4, 0.5) is 0 Å². The molecule has 1 heterocycles. The molecule has 0 aliphatic carbocycles. The van der Waals surface area contributed by atoms with E-state index in [1.54, 1.807) is 6.07 Å². The van der Waals surface area contributed by atoms with Crippen LogP contribution < -0.4 is 5.56 Å². The molecular formula is C17H22N2O. The zero-order valence-corrected chi connectivity index (χ0v) is 12.8. The van der Waals surface area contributed by atoms with Gasteiger partial charge in [-0.2, -0.15) is 0 Å². The smallest absolute Gasteiger partial charge is 0.251 e. The van der Waals surface area contributed by atoms with Crippen LogP contribution in [0.1, 0.15) is 51.9 Å². The summed E-state index contributed by atoms with van der Waals surface area (Å²) in [7, 11) is 0. The highest BCUT2D eigenvalue weighted by molar-refractivity contribution is 5.59. The maximum atomic E-state index is 11.7. The summed E-state index contributed by atoms with van der Waals surface area (Å²) in [6.45, 7) is 10.6. The van der Waals surface area contributed by atoms with E-state index in [9.17, 15) is 4.79 Å². The topological polar surface area (TPSA) is 45.8 Å². The molecular weight excluding hydrogens is 248 g/mol. The normalized spacial score (nSPS) is 11.9. The summed E-state index contributed by atoms with van der Waals surface area (Å²) >= 11 is 0. The number of rotatable bonds is 2. The molecule has 1 aromatic carbocycles. The average Bonchev–Trinajstić information content (AvgIpc) is 2.37. The van der Waals surface area contributed by atoms with Crippen molar-refractivity contribution in [1.29, 1.82) is 0 Å². The number of hydrogen-bond donors (Lipinski definition) is 1. The molecule has 0 aliphatic rings. The van der Waals surface area contributed by atoms with E-state index in [2.05, 4.69) is 42.9 Å². The predicted octanol–water partition coefficient (Wildman–Crippen LogP) is 3.86. The van der Waals surface area contributed by atoms with Crippen LogP contribution in [0, 0.1) is 0 Å². The zero-order chi connectivity index (χ0) is 14.9. The summed E-state index contributed by atoms with van der Waals surface area (Å²) in [6, 6.07) is 9.83. The maximum absolute atomic E-state index is 11.7. The molecule has 20 heavy (non-hydrogen) atoms. The van der Waals surface area contributed by atoms with Gasteiger partial charge in [0.1, 0.15) is 5.82 Å². The van der Waals surface area contributed by atoms with Crippen LogP contribution >= 0.6 is 0 Å². The van der Waals surface area contributed by atoms with E-state index >= 15 is 0 Å². The molecule has 0 fully saturated rings. The van der Waals surface area contributed by atoms with Gasteiger partial charge in [0.2, 0.25) is 0 Å². The van der Waals surface area contributed by atoms with Crippen LogP contribution in [0.25, 0.3) is 11.3 Å². The van der Waals surface area contributed by atoms with E-state index in [0.29, 0.717) is 0 Å². The number of benzene rings is 1. The van der Waals surface area contributed by atoms with Gasteiger partial charge in [-0.3, -0.25) is 4.79 Å². The summed E-state index contributed by atoms with van der Waals surface area (Å²) in [6.07, 6.45) is 0. The first-order valence-electron chi connectivity index (χ1n) is 6.99. The molecule has 0 spiro atoms. The van der Waals surface area contributed by atoms with Crippen molar-refractivity contribution in [2.45, 2.75) is 46.0 Å². The van der Waals surface area contributed by atoms with E-state index < -0.39 is 0 Å². The molecule has 2 aromatic rings. The van der Waals surface area contributed by atoms with E-state index in [1.807, 2.05) is 26.0 Å². The van der Waals surface area contributed by atoms with Gasteiger partial charge < -0.3 is 4.98 Å². The highest BCUT2D eigenvalue weighted by Gasteiger charge is 2.13. The SMILES string of the molecule is CC(C)c1nc(-c2ccc(C(C)(C)C)cc2)cc(=O)[nH]1. The summed E-state index contributed by atoms with van der Waals surface area (Å²) in [5.74, 6) is 0.934. The average molecular weight is 270 g/mol. The Morgan fingerprint density at radius 3 is 2.20 bits per heavy atom. The quantitative estimate of drug-likeness (QED) is 0.900. The van der Waals surface area contributed by atoms with Crippen LogP contribution in [0.3, 0.4) is 0 Å². The van der Waals surface area contributed by atoms with Crippen molar-refractivity contribution in [2.24, 2.45) is 0 Å². The molecule has 3 nitrogen and oxygen atoms in total. The highest BCUT2D eigenvalue weighted by atomic mass is 16.1. The number of H-pyrrole nitrogens is 1. The van der Waals surface area contributed by atoms with Crippen LogP contribution in [0.2, 0.25) is 0 Å². The van der Waals surface area contributed by atoms with Gasteiger partial charge >= 0.3 is 0 Å². The molecule has 0 atom stereocenters. The van der Waals surface area contributed by atoms with Gasteiger partial charge in [-0.25, -0.2) is 4.98 Å². The third-order valence-corrected chi connectivity index (χ3v) is 3.35. The minimum atomic E-state index is -0.0985. The van der Waals surface area contributed by atoms with Crippen molar-refractivity contribution in [3.05, 3.63) is 52.1 Å². The first-order valence-corrected chi connectivity index (χ1v) is 6.99. The number of nitrogens with one attached hydrogen (secondary N) is 1. The fourth-order valence-electron chi connectivity index (χ4n) is 2.04.